The van der Waals surface area contributed by atoms with Crippen molar-refractivity contribution in [1.82, 2.24) is 0 Å². The van der Waals surface area contributed by atoms with Gasteiger partial charge in [-0.15, -0.1) is 0 Å². The summed E-state index contributed by atoms with van der Waals surface area (Å²) in [6, 6.07) is 11.2. The Morgan fingerprint density at radius 3 is 2.59 bits per heavy atom. The van der Waals surface area contributed by atoms with Crippen LogP contribution < -0.4 is 9.62 Å². The summed E-state index contributed by atoms with van der Waals surface area (Å²) in [6.45, 7) is 3.72. The second-order valence-corrected chi connectivity index (χ2v) is 8.58. The molecule has 0 bridgehead atoms. The van der Waals surface area contributed by atoms with Gasteiger partial charge in [0.2, 0.25) is 15.9 Å². The van der Waals surface area contributed by atoms with Gasteiger partial charge in [-0.25, -0.2) is 8.42 Å². The van der Waals surface area contributed by atoms with Gasteiger partial charge in [0, 0.05) is 17.8 Å². The molecule has 0 aliphatic heterocycles. The summed E-state index contributed by atoms with van der Waals surface area (Å²) in [6.07, 6.45) is 1.07. The summed E-state index contributed by atoms with van der Waals surface area (Å²) in [5.41, 5.74) is 2.54. The maximum absolute atomic E-state index is 12.8. The van der Waals surface area contributed by atoms with E-state index in [2.05, 4.69) is 5.32 Å². The SMILES string of the molecule is COCc1cccc(NC(=O)[C@H](C)N(c2cc(Cl)ccc2C)S(C)(=O)=O)c1. The first-order valence-corrected chi connectivity index (χ1v) is 10.5. The van der Waals surface area contributed by atoms with Crippen LogP contribution in [0, 0.1) is 6.92 Å². The fourth-order valence-corrected chi connectivity index (χ4v) is 4.14. The van der Waals surface area contributed by atoms with Gasteiger partial charge in [0.15, 0.2) is 0 Å². The number of sulfonamides is 1. The third-order valence-corrected chi connectivity index (χ3v) is 5.47. The molecule has 1 amide bonds. The minimum Gasteiger partial charge on any atom is -0.380 e. The number of rotatable bonds is 7. The molecule has 1 N–H and O–H groups in total. The number of aryl methyl sites for hydroxylation is 1. The van der Waals surface area contributed by atoms with Crippen LogP contribution in [-0.4, -0.2) is 33.7 Å². The van der Waals surface area contributed by atoms with E-state index in [-0.39, 0.29) is 0 Å². The van der Waals surface area contributed by atoms with Gasteiger partial charge in [-0.05, 0) is 49.2 Å². The van der Waals surface area contributed by atoms with Crippen molar-refractivity contribution in [3.05, 3.63) is 58.6 Å². The van der Waals surface area contributed by atoms with Crippen molar-refractivity contribution in [1.29, 1.82) is 0 Å². The van der Waals surface area contributed by atoms with Crippen LogP contribution in [0.25, 0.3) is 0 Å². The highest BCUT2D eigenvalue weighted by atomic mass is 35.5. The molecule has 0 radical (unpaired) electrons. The number of benzene rings is 2. The van der Waals surface area contributed by atoms with Gasteiger partial charge >= 0.3 is 0 Å². The van der Waals surface area contributed by atoms with Gasteiger partial charge in [0.25, 0.3) is 0 Å². The molecule has 0 spiro atoms. The number of halogens is 1. The van der Waals surface area contributed by atoms with Gasteiger partial charge < -0.3 is 10.1 Å². The minimum absolute atomic E-state index is 0.376. The van der Waals surface area contributed by atoms with Crippen LogP contribution in [0.3, 0.4) is 0 Å². The van der Waals surface area contributed by atoms with E-state index in [1.807, 2.05) is 6.07 Å². The van der Waals surface area contributed by atoms with Crippen LogP contribution in [0.15, 0.2) is 42.5 Å². The number of ether oxygens (including phenoxy) is 1. The first-order chi connectivity index (χ1) is 12.6. The zero-order valence-corrected chi connectivity index (χ0v) is 17.3. The molecule has 0 aromatic heterocycles. The molecule has 27 heavy (non-hydrogen) atoms. The van der Waals surface area contributed by atoms with Crippen molar-refractivity contribution in [3.63, 3.8) is 0 Å². The van der Waals surface area contributed by atoms with Crippen molar-refractivity contribution < 1.29 is 17.9 Å². The lowest BCUT2D eigenvalue weighted by Crippen LogP contribution is -2.45. The average Bonchev–Trinajstić information content (AvgIpc) is 2.57. The molecular formula is C19H23ClN2O4S. The van der Waals surface area contributed by atoms with E-state index < -0.39 is 22.0 Å². The number of hydrogen-bond acceptors (Lipinski definition) is 4. The summed E-state index contributed by atoms with van der Waals surface area (Å²) in [7, 11) is -2.13. The molecule has 0 unspecified atom stereocenters. The van der Waals surface area contributed by atoms with E-state index in [0.29, 0.717) is 28.6 Å². The lowest BCUT2D eigenvalue weighted by molar-refractivity contribution is -0.116. The highest BCUT2D eigenvalue weighted by molar-refractivity contribution is 7.92. The fraction of sp³-hybridized carbons (Fsp3) is 0.316. The smallest absolute Gasteiger partial charge is 0.247 e. The van der Waals surface area contributed by atoms with Gasteiger partial charge in [-0.2, -0.15) is 0 Å². The van der Waals surface area contributed by atoms with Crippen LogP contribution in [0.5, 0.6) is 0 Å². The molecule has 1 atom stereocenters. The van der Waals surface area contributed by atoms with Gasteiger partial charge in [-0.1, -0.05) is 29.8 Å². The second kappa shape index (κ2) is 8.73. The maximum atomic E-state index is 12.8. The highest BCUT2D eigenvalue weighted by Crippen LogP contribution is 2.28. The molecule has 6 nitrogen and oxygen atoms in total. The summed E-state index contributed by atoms with van der Waals surface area (Å²) in [5, 5.41) is 3.16. The zero-order chi connectivity index (χ0) is 20.2. The average molecular weight is 411 g/mol. The lowest BCUT2D eigenvalue weighted by Gasteiger charge is -2.29. The molecule has 0 fully saturated rings. The summed E-state index contributed by atoms with van der Waals surface area (Å²) in [5.74, 6) is -0.450. The van der Waals surface area contributed by atoms with Crippen LogP contribution in [-0.2, 0) is 26.2 Å². The molecule has 0 saturated carbocycles. The third kappa shape index (κ3) is 5.45. The number of anilines is 2. The quantitative estimate of drug-likeness (QED) is 0.756. The van der Waals surface area contributed by atoms with Crippen molar-refractivity contribution in [3.8, 4) is 0 Å². The van der Waals surface area contributed by atoms with Gasteiger partial charge in [0.05, 0.1) is 18.6 Å². The number of nitrogens with zero attached hydrogens (tertiary/aromatic N) is 1. The number of hydrogen-bond donors (Lipinski definition) is 1. The number of amides is 1. The molecule has 2 aromatic carbocycles. The second-order valence-electron chi connectivity index (χ2n) is 6.29. The largest absolute Gasteiger partial charge is 0.380 e. The normalized spacial score (nSPS) is 12.5. The summed E-state index contributed by atoms with van der Waals surface area (Å²) < 4.78 is 31.0. The summed E-state index contributed by atoms with van der Waals surface area (Å²) >= 11 is 6.04. The Kier molecular flexibility index (Phi) is 6.86. The highest BCUT2D eigenvalue weighted by Gasteiger charge is 2.30. The van der Waals surface area contributed by atoms with Gasteiger partial charge in [-0.3, -0.25) is 9.10 Å². The number of carbonyl (C=O) groups is 1. The van der Waals surface area contributed by atoms with Crippen molar-refractivity contribution in [2.24, 2.45) is 0 Å². The van der Waals surface area contributed by atoms with Gasteiger partial charge in [0.1, 0.15) is 6.04 Å². The van der Waals surface area contributed by atoms with Crippen molar-refractivity contribution >= 4 is 38.9 Å². The fourth-order valence-electron chi connectivity index (χ4n) is 2.75. The molecule has 0 aliphatic carbocycles. The molecule has 0 heterocycles. The van der Waals surface area contributed by atoms with Crippen LogP contribution in [0.1, 0.15) is 18.1 Å². The Morgan fingerprint density at radius 2 is 1.96 bits per heavy atom. The first kappa shape index (κ1) is 21.2. The van der Waals surface area contributed by atoms with Crippen LogP contribution >= 0.6 is 11.6 Å². The first-order valence-electron chi connectivity index (χ1n) is 8.27. The molecule has 8 heteroatoms. The van der Waals surface area contributed by atoms with Crippen molar-refractivity contribution in [2.75, 3.05) is 23.0 Å². The predicted octanol–water partition coefficient (Wildman–Crippen LogP) is 3.59. The van der Waals surface area contributed by atoms with E-state index in [0.717, 1.165) is 16.1 Å². The van der Waals surface area contributed by atoms with E-state index >= 15 is 0 Å². The van der Waals surface area contributed by atoms with Crippen molar-refractivity contribution in [2.45, 2.75) is 26.5 Å². The van der Waals surface area contributed by atoms with E-state index in [4.69, 9.17) is 16.3 Å². The Balaban J connectivity index is 2.33. The van der Waals surface area contributed by atoms with E-state index in [1.165, 1.54) is 6.92 Å². The van der Waals surface area contributed by atoms with E-state index in [1.54, 1.807) is 50.4 Å². The monoisotopic (exact) mass is 410 g/mol. The Labute approximate surface area is 165 Å². The molecule has 2 rings (SSSR count). The topological polar surface area (TPSA) is 75.7 Å². The molecule has 2 aromatic rings. The Bertz CT molecular complexity index is 931. The predicted molar refractivity (Wildman–Crippen MR) is 109 cm³/mol. The molecule has 146 valence electrons. The standard InChI is InChI=1S/C19H23ClN2O4S/c1-13-8-9-16(20)11-18(13)22(27(4,24)25)14(2)19(23)21-17-7-5-6-15(10-17)12-26-3/h5-11,14H,12H2,1-4H3,(H,21,23)/t14-/m0/s1. The Hall–Kier alpha value is -2.09. The molecular weight excluding hydrogens is 388 g/mol. The summed E-state index contributed by atoms with van der Waals surface area (Å²) in [4.78, 5) is 12.8. The maximum Gasteiger partial charge on any atom is 0.247 e. The van der Waals surface area contributed by atoms with Crippen LogP contribution in [0.4, 0.5) is 11.4 Å². The van der Waals surface area contributed by atoms with E-state index in [9.17, 15) is 13.2 Å². The minimum atomic E-state index is -3.72. The lowest BCUT2D eigenvalue weighted by atomic mass is 10.1. The van der Waals surface area contributed by atoms with Crippen LogP contribution in [0.2, 0.25) is 5.02 Å². The molecule has 0 aliphatic rings. The molecule has 0 saturated heterocycles. The number of methoxy groups -OCH3 is 1. The number of carbonyl (C=O) groups excluding carboxylic acids is 1. The third-order valence-electron chi connectivity index (χ3n) is 4.00. The Morgan fingerprint density at radius 1 is 1.26 bits per heavy atom. The number of nitrogens with one attached hydrogen (secondary N) is 1. The zero-order valence-electron chi connectivity index (χ0n) is 15.7.